The van der Waals surface area contributed by atoms with Crippen molar-refractivity contribution in [2.45, 2.75) is 365 Å². The summed E-state index contributed by atoms with van der Waals surface area (Å²) in [6.45, 7) is 49.0. The Balaban J connectivity index is 0.000000161. The van der Waals surface area contributed by atoms with Crippen LogP contribution in [0.4, 0.5) is 19.2 Å². The standard InChI is InChI=1S/C31H46N2O3.2C30H43ClN2O3.C30H45N3O3/c1-20(2)17-27-26-18-24-10-8-9-21(3)28(24)25(26)15-16-33(27)29(34)23-13-11-22(12-14-23)19-32(7)30(35)36-31(4,5)6;1-19(2)16-27-25-17-24-22(8-7-9-26(24)31)23(25)14-15-33(27)28(34)21-12-10-20(11-13-21)18-32(6)29(35)36-30(3,4)5;1-19(2)16-26-24-17-22-8-7-9-25(31)27(22)23(24)14-15-33(26)28(34)21-12-10-20(11-13-21)18-32(6)29(35)36-30(3,4)5;1-20(2)18-26-27-24(23-10-8-9-11-25(23)32(27)7)16-17-33(26)28(34)22-14-12-21(13-15-22)19-31(6)29(35)36-30(3,4)5/h8-10,20,22-23,27H,11-19H2,1-7H3;7-9,19-21,27H,10-18H2,1-6H3;7-9,19-21,26H,10-18H2,1-6H3;8-11,20-22,26H,12-19H2,1-7H3. The molecule has 0 radical (unpaired) electrons. The molecule has 11 aliphatic rings. The minimum atomic E-state index is -0.488. The zero-order valence-electron chi connectivity index (χ0n) is 92.7. The van der Waals surface area contributed by atoms with Gasteiger partial charge in [0.1, 0.15) is 22.4 Å². The zero-order valence-corrected chi connectivity index (χ0v) is 94.2. The number of aryl methyl sites for hydroxylation is 2. The maximum atomic E-state index is 13.9. The van der Waals surface area contributed by atoms with Crippen molar-refractivity contribution in [2.24, 2.45) is 78.1 Å². The van der Waals surface area contributed by atoms with Crippen molar-refractivity contribution in [3.8, 4) is 0 Å². The second-order valence-electron chi connectivity index (χ2n) is 50.2. The van der Waals surface area contributed by atoms with Gasteiger partial charge in [0.05, 0.1) is 24.2 Å². The Labute approximate surface area is 874 Å². The molecule has 4 atom stereocenters. The topological polar surface area (TPSA) is 204 Å². The van der Waals surface area contributed by atoms with Crippen LogP contribution in [0, 0.1) is 77.9 Å². The first-order chi connectivity index (χ1) is 67.8. The molecule has 7 aliphatic carbocycles. The predicted molar refractivity (Wildman–Crippen MR) is 582 cm³/mol. The summed E-state index contributed by atoms with van der Waals surface area (Å²) in [5.74, 6) is 5.45. The van der Waals surface area contributed by atoms with E-state index >= 15 is 0 Å². The van der Waals surface area contributed by atoms with Crippen molar-refractivity contribution in [1.82, 2.24) is 43.8 Å². The molecule has 0 spiro atoms. The maximum absolute atomic E-state index is 13.9. The first-order valence-corrected chi connectivity index (χ1v) is 55.9. The van der Waals surface area contributed by atoms with E-state index in [1.54, 1.807) is 19.6 Å². The molecule has 4 saturated carbocycles. The molecule has 4 aromatic carbocycles. The number of carbonyl (C=O) groups excluding carboxylic acids is 8. The summed E-state index contributed by atoms with van der Waals surface area (Å²) in [5.41, 5.74) is 20.1. The van der Waals surface area contributed by atoms with Crippen LogP contribution in [0.1, 0.15) is 342 Å². The maximum Gasteiger partial charge on any atom is 0.410 e. The van der Waals surface area contributed by atoms with Gasteiger partial charge in [0, 0.05) is 138 Å². The average molecular weight is 2020 g/mol. The third-order valence-electron chi connectivity index (χ3n) is 32.1. The van der Waals surface area contributed by atoms with Crippen LogP contribution in [0.3, 0.4) is 0 Å². The molecule has 4 aliphatic heterocycles. The molecule has 21 nitrogen and oxygen atoms in total. The molecule has 0 saturated heterocycles. The van der Waals surface area contributed by atoms with Crippen LogP contribution in [0.5, 0.6) is 0 Å². The minimum Gasteiger partial charge on any atom is -0.444 e. The predicted octanol–water partition coefficient (Wildman–Crippen LogP) is 26.9. The number of halogens is 2. The SMILES string of the molecule is CC(C)CC1C2=C(CCN1C(=O)C1CCC(CN(C)C(=O)OC(C)(C)C)CC1)c1c(Cl)cccc1C2.CC(C)CC1C2=C(CCN1C(=O)C1CCC(CN(C)C(=O)OC(C)(C)C)CC1)c1cccc(Cl)c1C2.CC(C)CC1c2c(c3ccccc3n2C)CCN1C(=O)C1CCC(CN(C)C(=O)OC(C)(C)C)CC1.Cc1cccc2c1C1=C(C2)C(CC(C)C)N(C(=O)C2CCC(CN(C)C(=O)OC(C)(C)C)CC2)CC1. The van der Waals surface area contributed by atoms with Gasteiger partial charge in [-0.3, -0.25) is 19.2 Å². The lowest BCUT2D eigenvalue weighted by Crippen LogP contribution is -2.48. The number of hydrogen-bond donors (Lipinski definition) is 0. The van der Waals surface area contributed by atoms with Crippen LogP contribution in [-0.2, 0) is 70.9 Å². The average Bonchev–Trinajstić information content (AvgIpc) is 1.58. The number of amides is 8. The number of rotatable bonds is 20. The molecule has 0 N–H and O–H groups in total. The van der Waals surface area contributed by atoms with Crippen LogP contribution >= 0.6 is 23.2 Å². The molecule has 4 fully saturated rings. The smallest absolute Gasteiger partial charge is 0.410 e. The Morgan fingerprint density at radius 1 is 0.354 bits per heavy atom. The van der Waals surface area contributed by atoms with Crippen molar-refractivity contribution in [3.05, 3.63) is 156 Å². The van der Waals surface area contributed by atoms with E-state index in [-0.39, 0.29) is 72.2 Å². The largest absolute Gasteiger partial charge is 0.444 e. The lowest BCUT2D eigenvalue weighted by Gasteiger charge is -2.41. The number of nitrogens with zero attached hydrogens (tertiary/aromatic N) is 9. The molecule has 792 valence electrons. The zero-order chi connectivity index (χ0) is 105. The van der Waals surface area contributed by atoms with E-state index < -0.39 is 22.4 Å². The van der Waals surface area contributed by atoms with E-state index in [1.165, 1.54) is 94.5 Å². The highest BCUT2D eigenvalue weighted by atomic mass is 35.5. The van der Waals surface area contributed by atoms with E-state index in [4.69, 9.17) is 42.1 Å². The summed E-state index contributed by atoms with van der Waals surface area (Å²) < 4.78 is 24.4. The number of para-hydroxylation sites is 1. The van der Waals surface area contributed by atoms with Crippen LogP contribution in [0.2, 0.25) is 10.0 Å². The van der Waals surface area contributed by atoms with Crippen LogP contribution in [0.25, 0.3) is 27.6 Å². The van der Waals surface area contributed by atoms with Crippen molar-refractivity contribution in [2.75, 3.05) is 80.5 Å². The second kappa shape index (κ2) is 47.8. The Bertz CT molecular complexity index is 5300. The molecule has 4 unspecified atom stereocenters. The fourth-order valence-corrected chi connectivity index (χ4v) is 26.0. The summed E-state index contributed by atoms with van der Waals surface area (Å²) in [7, 11) is 9.42. The first-order valence-electron chi connectivity index (χ1n) is 55.1. The van der Waals surface area contributed by atoms with Gasteiger partial charge in [-0.05, 0) is 407 Å². The van der Waals surface area contributed by atoms with E-state index in [0.29, 0.717) is 97.2 Å². The van der Waals surface area contributed by atoms with Crippen molar-refractivity contribution >= 4 is 98.8 Å². The van der Waals surface area contributed by atoms with Gasteiger partial charge in [-0.2, -0.15) is 0 Å². The summed E-state index contributed by atoms with van der Waals surface area (Å²) >= 11 is 13.2. The van der Waals surface area contributed by atoms with Crippen LogP contribution in [0.15, 0.2) is 95.6 Å². The fourth-order valence-electron chi connectivity index (χ4n) is 25.5. The van der Waals surface area contributed by atoms with Gasteiger partial charge in [-0.1, -0.05) is 139 Å². The third-order valence-corrected chi connectivity index (χ3v) is 32.8. The van der Waals surface area contributed by atoms with Gasteiger partial charge < -0.3 is 62.7 Å². The van der Waals surface area contributed by atoms with E-state index in [9.17, 15) is 38.4 Å². The van der Waals surface area contributed by atoms with Crippen molar-refractivity contribution < 1.29 is 57.3 Å². The highest BCUT2D eigenvalue weighted by Crippen LogP contribution is 2.52. The number of fused-ring (bicyclic) bond motifs is 9. The quantitative estimate of drug-likeness (QED) is 0.0668. The van der Waals surface area contributed by atoms with Crippen molar-refractivity contribution in [1.29, 1.82) is 0 Å². The summed E-state index contributed by atoms with van der Waals surface area (Å²) in [6.07, 6.45) is 24.5. The fraction of sp³-hybridized carbons (Fsp3) is 0.669. The molecule has 5 heterocycles. The van der Waals surface area contributed by atoms with Gasteiger partial charge >= 0.3 is 24.4 Å². The molecule has 144 heavy (non-hydrogen) atoms. The van der Waals surface area contributed by atoms with E-state index in [2.05, 4.69) is 148 Å². The summed E-state index contributed by atoms with van der Waals surface area (Å²) in [4.78, 5) is 121. The number of ether oxygens (including phenoxy) is 4. The number of benzene rings is 4. The lowest BCUT2D eigenvalue weighted by molar-refractivity contribution is -0.141. The Morgan fingerprint density at radius 2 is 0.660 bits per heavy atom. The van der Waals surface area contributed by atoms with Gasteiger partial charge in [0.15, 0.2) is 0 Å². The monoisotopic (exact) mass is 2020 g/mol. The van der Waals surface area contributed by atoms with Crippen LogP contribution in [-0.4, -0.2) is 213 Å². The molecule has 5 aromatic rings. The van der Waals surface area contributed by atoms with Gasteiger partial charge in [0.2, 0.25) is 23.6 Å². The van der Waals surface area contributed by atoms with E-state index in [0.717, 1.165) is 210 Å². The van der Waals surface area contributed by atoms with Crippen LogP contribution < -0.4 is 0 Å². The normalized spacial score (nSPS) is 23.6. The Hall–Kier alpha value is -8.82. The first kappa shape index (κ1) is 112. The summed E-state index contributed by atoms with van der Waals surface area (Å²) in [5, 5.41) is 3.03. The number of aromatic nitrogens is 1. The Kier molecular flexibility index (Phi) is 37.3. The van der Waals surface area contributed by atoms with Crippen molar-refractivity contribution in [3.63, 3.8) is 0 Å². The minimum absolute atomic E-state index is 0.0808. The molecular formula is C121H177Cl2N9O12. The third kappa shape index (κ3) is 28.0. The molecular weight excluding hydrogens is 1840 g/mol. The number of hydrogen-bond acceptors (Lipinski definition) is 12. The molecule has 16 rings (SSSR count). The highest BCUT2D eigenvalue weighted by Gasteiger charge is 2.47. The number of carbonyl (C=O) groups is 8. The summed E-state index contributed by atoms with van der Waals surface area (Å²) in [6, 6.07) is 28.5. The van der Waals surface area contributed by atoms with E-state index in [1.807, 2.05) is 136 Å². The van der Waals surface area contributed by atoms with Gasteiger partial charge in [-0.25, -0.2) is 19.2 Å². The molecule has 8 amide bonds. The van der Waals surface area contributed by atoms with Gasteiger partial charge in [0.25, 0.3) is 0 Å². The second-order valence-corrected chi connectivity index (χ2v) is 51.0. The highest BCUT2D eigenvalue weighted by molar-refractivity contribution is 6.33. The molecule has 23 heteroatoms. The molecule has 1 aromatic heterocycles. The lowest BCUT2D eigenvalue weighted by atomic mass is 9.79. The Morgan fingerprint density at radius 3 is 1.03 bits per heavy atom. The molecule has 0 bridgehead atoms. The van der Waals surface area contributed by atoms with Gasteiger partial charge in [-0.15, -0.1) is 0 Å².